The largest absolute Gasteiger partial charge is 0.396 e. The van der Waals surface area contributed by atoms with Crippen LogP contribution in [0, 0.1) is 0 Å². The summed E-state index contributed by atoms with van der Waals surface area (Å²) in [5.41, 5.74) is 0. The average molecular weight is 366 g/mol. The monoisotopic (exact) mass is 365 g/mol. The highest BCUT2D eigenvalue weighted by Gasteiger charge is 2.35. The molecular weight excluding hydrogens is 322 g/mol. The second-order valence-electron chi connectivity index (χ2n) is 9.26. The Labute approximate surface area is 161 Å². The van der Waals surface area contributed by atoms with E-state index >= 15 is 0 Å². The van der Waals surface area contributed by atoms with Gasteiger partial charge >= 0.3 is 0 Å². The van der Waals surface area contributed by atoms with Crippen LogP contribution in [0.15, 0.2) is 0 Å². The maximum Gasteiger partial charge on any atom is 0.0446 e. The van der Waals surface area contributed by atoms with Crippen LogP contribution in [0.5, 0.6) is 0 Å². The fourth-order valence-corrected chi connectivity index (χ4v) is 5.65. The molecule has 0 bridgehead atoms. The Hall–Kier alpha value is -0.160. The summed E-state index contributed by atoms with van der Waals surface area (Å²) >= 11 is 0. The molecule has 1 atom stereocenters. The van der Waals surface area contributed by atoms with Crippen molar-refractivity contribution in [3.8, 4) is 0 Å². The van der Waals surface area contributed by atoms with Crippen molar-refractivity contribution in [2.24, 2.45) is 0 Å². The molecule has 0 spiro atoms. The van der Waals surface area contributed by atoms with Gasteiger partial charge in [0.25, 0.3) is 0 Å². The van der Waals surface area contributed by atoms with Crippen LogP contribution in [0.2, 0.25) is 0 Å². The summed E-state index contributed by atoms with van der Waals surface area (Å²) < 4.78 is 0. The molecule has 1 aliphatic carbocycles. The fraction of sp³-hybridized carbons (Fsp3) is 1.00. The predicted octanol–water partition coefficient (Wildman–Crippen LogP) is 3.34. The molecule has 3 aliphatic rings. The highest BCUT2D eigenvalue weighted by molar-refractivity contribution is 4.91. The van der Waals surface area contributed by atoms with Gasteiger partial charge in [-0.2, -0.15) is 0 Å². The Morgan fingerprint density at radius 1 is 0.808 bits per heavy atom. The van der Waals surface area contributed by atoms with E-state index in [-0.39, 0.29) is 0 Å². The molecule has 4 heteroatoms. The first-order valence-corrected chi connectivity index (χ1v) is 11.5. The molecule has 0 aromatic rings. The summed E-state index contributed by atoms with van der Waals surface area (Å²) in [6, 6.07) is 2.79. The first kappa shape index (κ1) is 20.6. The van der Waals surface area contributed by atoms with E-state index in [0.717, 1.165) is 18.5 Å². The maximum atomic E-state index is 9.67. The molecular formula is C22H43N3O. The molecule has 0 aromatic carbocycles. The lowest BCUT2D eigenvalue weighted by Crippen LogP contribution is -2.60. The topological polar surface area (TPSA) is 30.0 Å². The van der Waals surface area contributed by atoms with Crippen molar-refractivity contribution < 1.29 is 5.11 Å². The van der Waals surface area contributed by atoms with Gasteiger partial charge in [0.05, 0.1) is 0 Å². The van der Waals surface area contributed by atoms with Gasteiger partial charge in [-0.25, -0.2) is 0 Å². The lowest BCUT2D eigenvalue weighted by Gasteiger charge is -2.49. The van der Waals surface area contributed by atoms with E-state index in [0.29, 0.717) is 18.7 Å². The van der Waals surface area contributed by atoms with Gasteiger partial charge < -0.3 is 10.0 Å². The first-order valence-electron chi connectivity index (χ1n) is 11.5. The van der Waals surface area contributed by atoms with Crippen LogP contribution in [0.3, 0.4) is 0 Å². The molecule has 26 heavy (non-hydrogen) atoms. The van der Waals surface area contributed by atoms with Gasteiger partial charge in [-0.1, -0.05) is 32.1 Å². The van der Waals surface area contributed by atoms with E-state index in [2.05, 4.69) is 28.5 Å². The third kappa shape index (κ3) is 5.43. The van der Waals surface area contributed by atoms with E-state index in [1.807, 2.05) is 0 Å². The summed E-state index contributed by atoms with van der Waals surface area (Å²) in [6.07, 6.45) is 13.5. The summed E-state index contributed by atoms with van der Waals surface area (Å²) in [6.45, 7) is 11.1. The second-order valence-corrected chi connectivity index (χ2v) is 9.26. The molecule has 4 nitrogen and oxygen atoms in total. The van der Waals surface area contributed by atoms with Crippen LogP contribution in [-0.2, 0) is 0 Å². The highest BCUT2D eigenvalue weighted by Crippen LogP contribution is 2.28. The zero-order valence-corrected chi connectivity index (χ0v) is 17.4. The smallest absolute Gasteiger partial charge is 0.0446 e. The number of piperazine rings is 1. The summed E-state index contributed by atoms with van der Waals surface area (Å²) in [5.74, 6) is 0. The van der Waals surface area contributed by atoms with Gasteiger partial charge in [-0.15, -0.1) is 0 Å². The standard InChI is InChI=1S/C22H43N3O/c1-19(2)23-13-10-21(11-14-23)25-16-15-24(18-22(25)12-17-26)20-8-6-4-3-5-7-9-20/h19-22,26H,3-18H2,1-2H3. The zero-order valence-electron chi connectivity index (χ0n) is 17.4. The van der Waals surface area contributed by atoms with Crippen LogP contribution in [0.4, 0.5) is 0 Å². The van der Waals surface area contributed by atoms with Crippen LogP contribution < -0.4 is 0 Å². The van der Waals surface area contributed by atoms with Gasteiger partial charge in [0.1, 0.15) is 0 Å². The summed E-state index contributed by atoms with van der Waals surface area (Å²) in [4.78, 5) is 8.21. The van der Waals surface area contributed by atoms with Crippen molar-refractivity contribution in [2.75, 3.05) is 39.3 Å². The Balaban J connectivity index is 1.56. The lowest BCUT2D eigenvalue weighted by molar-refractivity contribution is -0.0142. The van der Waals surface area contributed by atoms with Gasteiger partial charge in [-0.05, 0) is 59.0 Å². The minimum Gasteiger partial charge on any atom is -0.396 e. The second kappa shape index (κ2) is 10.4. The Morgan fingerprint density at radius 2 is 1.46 bits per heavy atom. The molecule has 1 saturated carbocycles. The molecule has 152 valence electrons. The molecule has 0 radical (unpaired) electrons. The minimum atomic E-state index is 0.338. The van der Waals surface area contributed by atoms with Crippen molar-refractivity contribution >= 4 is 0 Å². The molecule has 1 unspecified atom stereocenters. The van der Waals surface area contributed by atoms with E-state index < -0.39 is 0 Å². The van der Waals surface area contributed by atoms with Crippen molar-refractivity contribution in [1.82, 2.24) is 14.7 Å². The summed E-state index contributed by atoms with van der Waals surface area (Å²) in [5, 5.41) is 9.67. The van der Waals surface area contributed by atoms with Gasteiger partial charge in [-0.3, -0.25) is 9.80 Å². The van der Waals surface area contributed by atoms with Crippen molar-refractivity contribution in [1.29, 1.82) is 0 Å². The third-order valence-corrected chi connectivity index (χ3v) is 7.31. The van der Waals surface area contributed by atoms with E-state index in [1.54, 1.807) is 0 Å². The first-order chi connectivity index (χ1) is 12.7. The molecule has 2 aliphatic heterocycles. The van der Waals surface area contributed by atoms with Crippen molar-refractivity contribution in [3.05, 3.63) is 0 Å². The van der Waals surface area contributed by atoms with Crippen LogP contribution in [0.1, 0.15) is 78.1 Å². The van der Waals surface area contributed by atoms with Gasteiger partial charge in [0.15, 0.2) is 0 Å². The minimum absolute atomic E-state index is 0.338. The number of nitrogens with zero attached hydrogens (tertiary/aromatic N) is 3. The molecule has 0 amide bonds. The zero-order chi connectivity index (χ0) is 18.4. The van der Waals surface area contributed by atoms with E-state index in [4.69, 9.17) is 0 Å². The van der Waals surface area contributed by atoms with E-state index in [9.17, 15) is 5.11 Å². The molecule has 0 aromatic heterocycles. The highest BCUT2D eigenvalue weighted by atomic mass is 16.3. The fourth-order valence-electron chi connectivity index (χ4n) is 5.65. The number of likely N-dealkylation sites (tertiary alicyclic amines) is 1. The number of hydrogen-bond acceptors (Lipinski definition) is 4. The summed E-state index contributed by atoms with van der Waals surface area (Å²) in [7, 11) is 0. The Kier molecular flexibility index (Phi) is 8.23. The Bertz CT molecular complexity index is 387. The maximum absolute atomic E-state index is 9.67. The van der Waals surface area contributed by atoms with Crippen molar-refractivity contribution in [2.45, 2.75) is 102 Å². The van der Waals surface area contributed by atoms with Crippen molar-refractivity contribution in [3.63, 3.8) is 0 Å². The molecule has 1 N–H and O–H groups in total. The van der Waals surface area contributed by atoms with Gasteiger partial charge in [0, 0.05) is 50.4 Å². The average Bonchev–Trinajstić information content (AvgIpc) is 2.62. The number of hydrogen-bond donors (Lipinski definition) is 1. The van der Waals surface area contributed by atoms with E-state index in [1.165, 1.54) is 90.5 Å². The quantitative estimate of drug-likeness (QED) is 0.809. The Morgan fingerprint density at radius 3 is 2.08 bits per heavy atom. The number of aliphatic hydroxyl groups is 1. The third-order valence-electron chi connectivity index (χ3n) is 7.31. The van der Waals surface area contributed by atoms with Gasteiger partial charge in [0.2, 0.25) is 0 Å². The molecule has 3 rings (SSSR count). The predicted molar refractivity (Wildman–Crippen MR) is 110 cm³/mol. The SMILES string of the molecule is CC(C)N1CCC(N2CCN(C3CCCCCCC3)CC2CCO)CC1. The van der Waals surface area contributed by atoms with Crippen LogP contribution in [0.25, 0.3) is 0 Å². The number of aliphatic hydroxyl groups excluding tert-OH is 1. The molecule has 3 fully saturated rings. The molecule has 2 saturated heterocycles. The number of rotatable bonds is 5. The normalized spacial score (nSPS) is 29.8. The lowest BCUT2D eigenvalue weighted by atomic mass is 9.93. The van der Waals surface area contributed by atoms with Crippen LogP contribution >= 0.6 is 0 Å². The number of piperidine rings is 1. The molecule has 2 heterocycles. The van der Waals surface area contributed by atoms with Crippen LogP contribution in [-0.4, -0.2) is 83.3 Å².